The Morgan fingerprint density at radius 2 is 2.00 bits per heavy atom. The molecule has 2 aromatic heterocycles. The molecule has 0 fully saturated rings. The van der Waals surface area contributed by atoms with Gasteiger partial charge in [0.1, 0.15) is 16.7 Å². The second-order valence-corrected chi connectivity index (χ2v) is 3.33. The van der Waals surface area contributed by atoms with Crippen LogP contribution in [0.4, 0.5) is 4.39 Å². The van der Waals surface area contributed by atoms with Gasteiger partial charge < -0.3 is 0 Å². The average Bonchev–Trinajstić information content (AvgIpc) is 2.20. The lowest BCUT2D eigenvalue weighted by Gasteiger charge is -2.02. The van der Waals surface area contributed by atoms with Gasteiger partial charge in [-0.05, 0) is 22.0 Å². The quantitative estimate of drug-likeness (QED) is 0.733. The summed E-state index contributed by atoms with van der Waals surface area (Å²) in [6.45, 7) is 0. The van der Waals surface area contributed by atoms with Crippen LogP contribution in [0.1, 0.15) is 0 Å². The average molecular weight is 254 g/mol. The van der Waals surface area contributed by atoms with Gasteiger partial charge in [0.05, 0.1) is 6.20 Å². The van der Waals surface area contributed by atoms with Crippen molar-refractivity contribution < 1.29 is 4.39 Å². The Hall–Kier alpha value is -1.36. The van der Waals surface area contributed by atoms with E-state index in [-0.39, 0.29) is 5.82 Å². The van der Waals surface area contributed by atoms with Crippen molar-refractivity contribution in [3.63, 3.8) is 0 Å². The molecule has 0 aliphatic heterocycles. The van der Waals surface area contributed by atoms with Crippen LogP contribution < -0.4 is 0 Å². The maximum atomic E-state index is 13.3. The first-order valence-electron chi connectivity index (χ1n) is 3.84. The van der Waals surface area contributed by atoms with E-state index in [1.165, 1.54) is 12.5 Å². The second-order valence-electron chi connectivity index (χ2n) is 2.58. The number of aromatic nitrogens is 3. The van der Waals surface area contributed by atoms with Crippen LogP contribution in [0.2, 0.25) is 0 Å². The van der Waals surface area contributed by atoms with Gasteiger partial charge >= 0.3 is 0 Å². The second kappa shape index (κ2) is 3.79. The van der Waals surface area contributed by atoms with E-state index in [0.29, 0.717) is 15.7 Å². The van der Waals surface area contributed by atoms with Crippen LogP contribution in [0.25, 0.3) is 11.1 Å². The molecule has 2 heterocycles. The zero-order valence-electron chi connectivity index (χ0n) is 6.98. The molecule has 5 heteroatoms. The first-order chi connectivity index (χ1) is 6.79. The summed E-state index contributed by atoms with van der Waals surface area (Å²) in [5.41, 5.74) is 1.06. The molecule has 14 heavy (non-hydrogen) atoms. The summed E-state index contributed by atoms with van der Waals surface area (Å²) >= 11 is 3.23. The molecule has 0 aliphatic rings. The number of nitrogens with zero attached hydrogens (tertiary/aromatic N) is 3. The first-order valence-corrected chi connectivity index (χ1v) is 4.63. The van der Waals surface area contributed by atoms with Gasteiger partial charge in [-0.2, -0.15) is 0 Å². The summed E-state index contributed by atoms with van der Waals surface area (Å²) in [6, 6.07) is 1.58. The van der Waals surface area contributed by atoms with Gasteiger partial charge in [-0.25, -0.2) is 14.4 Å². The molecule has 0 amide bonds. The number of halogens is 2. The third-order valence-electron chi connectivity index (χ3n) is 1.73. The summed E-state index contributed by atoms with van der Waals surface area (Å²) < 4.78 is 13.9. The van der Waals surface area contributed by atoms with Crippen molar-refractivity contribution in [1.29, 1.82) is 0 Å². The molecule has 0 bridgehead atoms. The molecule has 0 aromatic carbocycles. The van der Waals surface area contributed by atoms with Gasteiger partial charge in [-0.1, -0.05) is 0 Å². The monoisotopic (exact) mass is 253 g/mol. The minimum absolute atomic E-state index is 0.386. The highest BCUT2D eigenvalue weighted by molar-refractivity contribution is 9.10. The summed E-state index contributed by atoms with van der Waals surface area (Å²) in [7, 11) is 0. The van der Waals surface area contributed by atoms with Crippen molar-refractivity contribution in [2.45, 2.75) is 0 Å². The zero-order valence-corrected chi connectivity index (χ0v) is 8.57. The third kappa shape index (κ3) is 1.63. The van der Waals surface area contributed by atoms with Gasteiger partial charge in [-0.15, -0.1) is 0 Å². The predicted molar refractivity (Wildman–Crippen MR) is 52.9 cm³/mol. The minimum atomic E-state index is -0.386. The maximum Gasteiger partial charge on any atom is 0.149 e. The molecule has 70 valence electrons. The molecule has 2 aromatic rings. The van der Waals surface area contributed by atoms with Gasteiger partial charge in [0.25, 0.3) is 0 Å². The molecule has 0 N–H and O–H groups in total. The molecule has 0 saturated heterocycles. The van der Waals surface area contributed by atoms with Gasteiger partial charge in [-0.3, -0.25) is 4.98 Å². The lowest BCUT2D eigenvalue weighted by atomic mass is 10.1. The Labute approximate surface area is 88.2 Å². The summed E-state index contributed by atoms with van der Waals surface area (Å²) in [5.74, 6) is -0.386. The predicted octanol–water partition coefficient (Wildman–Crippen LogP) is 2.44. The van der Waals surface area contributed by atoms with Crippen LogP contribution in [0.15, 0.2) is 35.6 Å². The van der Waals surface area contributed by atoms with Crippen LogP contribution in [0.5, 0.6) is 0 Å². The Morgan fingerprint density at radius 1 is 1.14 bits per heavy atom. The molecular weight excluding hydrogens is 249 g/mol. The zero-order chi connectivity index (χ0) is 9.97. The van der Waals surface area contributed by atoms with Crippen molar-refractivity contribution >= 4 is 15.9 Å². The fraction of sp³-hybridized carbons (Fsp3) is 0. The van der Waals surface area contributed by atoms with E-state index in [1.807, 2.05) is 0 Å². The van der Waals surface area contributed by atoms with Crippen LogP contribution in [0.3, 0.4) is 0 Å². The smallest absolute Gasteiger partial charge is 0.149 e. The van der Waals surface area contributed by atoms with E-state index in [2.05, 4.69) is 30.9 Å². The standard InChI is InChI=1S/C9H5BrFN3/c10-9-7(3-13-5-14-9)6-1-2-12-4-8(6)11/h1-5H. The van der Waals surface area contributed by atoms with E-state index in [4.69, 9.17) is 0 Å². The third-order valence-corrected chi connectivity index (χ3v) is 2.36. The summed E-state index contributed by atoms with van der Waals surface area (Å²) in [6.07, 6.45) is 5.63. The fourth-order valence-corrected chi connectivity index (χ4v) is 1.50. The largest absolute Gasteiger partial charge is 0.262 e. The maximum absolute atomic E-state index is 13.3. The molecule has 0 radical (unpaired) electrons. The molecule has 0 saturated carbocycles. The number of pyridine rings is 1. The SMILES string of the molecule is Fc1cnccc1-c1cncnc1Br. The van der Waals surface area contributed by atoms with E-state index in [9.17, 15) is 4.39 Å². The van der Waals surface area contributed by atoms with Crippen LogP contribution in [-0.2, 0) is 0 Å². The highest BCUT2D eigenvalue weighted by Crippen LogP contribution is 2.26. The molecule has 3 nitrogen and oxygen atoms in total. The molecule has 2 rings (SSSR count). The van der Waals surface area contributed by atoms with E-state index >= 15 is 0 Å². The van der Waals surface area contributed by atoms with Crippen molar-refractivity contribution in [1.82, 2.24) is 15.0 Å². The number of rotatable bonds is 1. The summed E-state index contributed by atoms with van der Waals surface area (Å²) in [4.78, 5) is 11.4. The summed E-state index contributed by atoms with van der Waals surface area (Å²) in [5, 5.41) is 0. The van der Waals surface area contributed by atoms with Crippen LogP contribution in [-0.4, -0.2) is 15.0 Å². The molecule has 0 unspecified atom stereocenters. The molecule has 0 aliphatic carbocycles. The Balaban J connectivity index is 2.61. The lowest BCUT2D eigenvalue weighted by Crippen LogP contribution is -1.89. The minimum Gasteiger partial charge on any atom is -0.262 e. The Bertz CT molecular complexity index is 418. The van der Waals surface area contributed by atoms with Gasteiger partial charge in [0.15, 0.2) is 0 Å². The van der Waals surface area contributed by atoms with Crippen molar-refractivity contribution in [3.8, 4) is 11.1 Å². The highest BCUT2D eigenvalue weighted by atomic mass is 79.9. The van der Waals surface area contributed by atoms with E-state index in [1.54, 1.807) is 12.3 Å². The molecule has 0 atom stereocenters. The van der Waals surface area contributed by atoms with Crippen molar-refractivity contribution in [2.75, 3.05) is 0 Å². The van der Waals surface area contributed by atoms with E-state index in [0.717, 1.165) is 6.20 Å². The lowest BCUT2D eigenvalue weighted by molar-refractivity contribution is 0.624. The van der Waals surface area contributed by atoms with Gasteiger partial charge in [0.2, 0.25) is 0 Å². The Morgan fingerprint density at radius 3 is 2.71 bits per heavy atom. The van der Waals surface area contributed by atoms with E-state index < -0.39 is 0 Å². The normalized spacial score (nSPS) is 10.1. The molecular formula is C9H5BrFN3. The first kappa shape index (κ1) is 9.21. The van der Waals surface area contributed by atoms with Gasteiger partial charge in [0, 0.05) is 23.5 Å². The Kier molecular flexibility index (Phi) is 2.49. The highest BCUT2D eigenvalue weighted by Gasteiger charge is 2.08. The topological polar surface area (TPSA) is 38.7 Å². The molecule has 0 spiro atoms. The van der Waals surface area contributed by atoms with Crippen molar-refractivity contribution in [2.24, 2.45) is 0 Å². The fourth-order valence-electron chi connectivity index (χ4n) is 1.09. The van der Waals surface area contributed by atoms with Crippen LogP contribution >= 0.6 is 15.9 Å². The van der Waals surface area contributed by atoms with Crippen LogP contribution in [0, 0.1) is 5.82 Å². The number of hydrogen-bond donors (Lipinski definition) is 0. The number of hydrogen-bond acceptors (Lipinski definition) is 3. The van der Waals surface area contributed by atoms with Crippen molar-refractivity contribution in [3.05, 3.63) is 41.4 Å².